The fourth-order valence-corrected chi connectivity index (χ4v) is 1.98. The van der Waals surface area contributed by atoms with Crippen LogP contribution in [-0.4, -0.2) is 37.4 Å². The Kier molecular flexibility index (Phi) is 3.69. The zero-order valence-electron chi connectivity index (χ0n) is 10.2. The van der Waals surface area contributed by atoms with E-state index in [0.29, 0.717) is 30.1 Å². The van der Waals surface area contributed by atoms with Gasteiger partial charge < -0.3 is 26.2 Å². The van der Waals surface area contributed by atoms with E-state index in [1.165, 1.54) is 0 Å². The second-order valence-electron chi connectivity index (χ2n) is 4.26. The van der Waals surface area contributed by atoms with Crippen molar-refractivity contribution in [1.82, 2.24) is 5.32 Å². The van der Waals surface area contributed by atoms with Crippen LogP contribution in [0.2, 0.25) is 0 Å². The van der Waals surface area contributed by atoms with E-state index in [2.05, 4.69) is 10.6 Å². The van der Waals surface area contributed by atoms with Crippen LogP contribution < -0.4 is 16.4 Å². The number of amides is 1. The fourth-order valence-electron chi connectivity index (χ4n) is 1.98. The molecular weight excluding hydrogens is 234 g/mol. The Morgan fingerprint density at radius 3 is 3.06 bits per heavy atom. The molecular formula is C12H17N3O3. The van der Waals surface area contributed by atoms with Crippen molar-refractivity contribution in [2.45, 2.75) is 12.6 Å². The lowest BCUT2D eigenvalue weighted by Crippen LogP contribution is -2.29. The lowest BCUT2D eigenvalue weighted by atomic mass is 10.1. The number of nitrogen functional groups attached to an aromatic ring is 1. The van der Waals surface area contributed by atoms with Gasteiger partial charge in [-0.05, 0) is 17.7 Å². The number of aliphatic hydroxyl groups excluding tert-OH is 1. The number of nitrogens with one attached hydrogen (secondary N) is 2. The quantitative estimate of drug-likeness (QED) is 0.549. The summed E-state index contributed by atoms with van der Waals surface area (Å²) in [4.78, 5) is 11.5. The first kappa shape index (κ1) is 12.7. The highest BCUT2D eigenvalue weighted by Crippen LogP contribution is 2.27. The summed E-state index contributed by atoms with van der Waals surface area (Å²) in [6, 6.07) is 3.27. The number of ether oxygens (including phenoxy) is 1. The maximum atomic E-state index is 11.5. The van der Waals surface area contributed by atoms with Crippen LogP contribution in [0.5, 0.6) is 0 Å². The summed E-state index contributed by atoms with van der Waals surface area (Å²) in [5.74, 6) is -0.0983. The molecule has 18 heavy (non-hydrogen) atoms. The first-order valence-corrected chi connectivity index (χ1v) is 5.72. The average molecular weight is 251 g/mol. The minimum atomic E-state index is -0.222. The second-order valence-corrected chi connectivity index (χ2v) is 4.26. The van der Waals surface area contributed by atoms with Crippen LogP contribution in [0.15, 0.2) is 12.1 Å². The highest BCUT2D eigenvalue weighted by Gasteiger charge is 2.21. The van der Waals surface area contributed by atoms with Crippen LogP contribution in [0.1, 0.15) is 15.9 Å². The first-order chi connectivity index (χ1) is 8.65. The molecule has 98 valence electrons. The van der Waals surface area contributed by atoms with Gasteiger partial charge in [0.2, 0.25) is 0 Å². The Morgan fingerprint density at radius 1 is 1.61 bits per heavy atom. The molecule has 1 heterocycles. The molecule has 6 heteroatoms. The third-order valence-corrected chi connectivity index (χ3v) is 2.91. The number of carbonyl (C=O) groups is 1. The smallest absolute Gasteiger partial charge is 0.251 e. The van der Waals surface area contributed by atoms with E-state index < -0.39 is 0 Å². The number of benzene rings is 1. The van der Waals surface area contributed by atoms with Crippen LogP contribution in [0.4, 0.5) is 11.4 Å². The maximum Gasteiger partial charge on any atom is 0.251 e. The van der Waals surface area contributed by atoms with E-state index in [1.807, 2.05) is 6.07 Å². The zero-order valence-corrected chi connectivity index (χ0v) is 10.2. The number of methoxy groups -OCH3 is 1. The molecule has 1 aliphatic heterocycles. The van der Waals surface area contributed by atoms with Crippen molar-refractivity contribution in [3.63, 3.8) is 0 Å². The minimum Gasteiger partial charge on any atom is -0.397 e. The zero-order chi connectivity index (χ0) is 13.1. The molecule has 2 rings (SSSR count). The normalized spacial score (nSPS) is 15.1. The van der Waals surface area contributed by atoms with E-state index >= 15 is 0 Å². The molecule has 0 saturated heterocycles. The number of fused-ring (bicyclic) bond motifs is 1. The SMILES string of the molecule is COCC(CO)Nc1cc2c(cc1N)C(=O)NC2. The van der Waals surface area contributed by atoms with Gasteiger partial charge in [-0.15, -0.1) is 0 Å². The third-order valence-electron chi connectivity index (χ3n) is 2.91. The van der Waals surface area contributed by atoms with Gasteiger partial charge in [0.25, 0.3) is 5.91 Å². The lowest BCUT2D eigenvalue weighted by Gasteiger charge is -2.18. The lowest BCUT2D eigenvalue weighted by molar-refractivity contribution is 0.0966. The molecule has 5 N–H and O–H groups in total. The number of aliphatic hydroxyl groups is 1. The Bertz CT molecular complexity index is 462. The number of anilines is 2. The molecule has 0 spiro atoms. The molecule has 1 amide bonds. The number of hydrogen-bond donors (Lipinski definition) is 4. The van der Waals surface area contributed by atoms with Gasteiger partial charge in [0, 0.05) is 19.2 Å². The van der Waals surface area contributed by atoms with Crippen LogP contribution in [-0.2, 0) is 11.3 Å². The van der Waals surface area contributed by atoms with Crippen molar-refractivity contribution >= 4 is 17.3 Å². The van der Waals surface area contributed by atoms with Gasteiger partial charge in [0.1, 0.15) is 0 Å². The fraction of sp³-hybridized carbons (Fsp3) is 0.417. The molecule has 0 radical (unpaired) electrons. The topological polar surface area (TPSA) is 96.6 Å². The summed E-state index contributed by atoms with van der Waals surface area (Å²) in [6.45, 7) is 0.836. The van der Waals surface area contributed by atoms with E-state index in [0.717, 1.165) is 5.56 Å². The molecule has 6 nitrogen and oxygen atoms in total. The summed E-state index contributed by atoms with van der Waals surface area (Å²) >= 11 is 0. The Labute approximate surface area is 105 Å². The summed E-state index contributed by atoms with van der Waals surface area (Å²) < 4.78 is 4.99. The van der Waals surface area contributed by atoms with Gasteiger partial charge in [-0.1, -0.05) is 0 Å². The minimum absolute atomic E-state index is 0.0540. The summed E-state index contributed by atoms with van der Waals surface area (Å²) in [5.41, 5.74) is 8.61. The Balaban J connectivity index is 2.21. The molecule has 0 fully saturated rings. The van der Waals surface area contributed by atoms with Crippen molar-refractivity contribution in [2.24, 2.45) is 0 Å². The predicted molar refractivity (Wildman–Crippen MR) is 68.4 cm³/mol. The van der Waals surface area contributed by atoms with Crippen LogP contribution in [0.25, 0.3) is 0 Å². The predicted octanol–water partition coefficient (Wildman–Crippen LogP) is -0.0686. The monoisotopic (exact) mass is 251 g/mol. The van der Waals surface area contributed by atoms with E-state index in [9.17, 15) is 9.90 Å². The summed E-state index contributed by atoms with van der Waals surface area (Å²) in [7, 11) is 1.57. The maximum absolute atomic E-state index is 11.5. The Morgan fingerprint density at radius 2 is 2.39 bits per heavy atom. The van der Waals surface area contributed by atoms with E-state index in [4.69, 9.17) is 10.5 Å². The molecule has 0 aromatic heterocycles. The molecule has 1 aromatic rings. The van der Waals surface area contributed by atoms with Crippen LogP contribution in [0.3, 0.4) is 0 Å². The molecule has 1 unspecified atom stereocenters. The molecule has 0 bridgehead atoms. The van der Waals surface area contributed by atoms with Gasteiger partial charge in [0.05, 0.1) is 30.6 Å². The Hall–Kier alpha value is -1.79. The van der Waals surface area contributed by atoms with Crippen molar-refractivity contribution in [2.75, 3.05) is 31.4 Å². The van der Waals surface area contributed by atoms with Crippen molar-refractivity contribution in [3.8, 4) is 0 Å². The van der Waals surface area contributed by atoms with Crippen LogP contribution in [0, 0.1) is 0 Å². The van der Waals surface area contributed by atoms with E-state index in [-0.39, 0.29) is 18.6 Å². The number of rotatable bonds is 5. The van der Waals surface area contributed by atoms with E-state index in [1.54, 1.807) is 13.2 Å². The van der Waals surface area contributed by atoms with Gasteiger partial charge >= 0.3 is 0 Å². The largest absolute Gasteiger partial charge is 0.397 e. The highest BCUT2D eigenvalue weighted by atomic mass is 16.5. The molecule has 1 aromatic carbocycles. The third kappa shape index (κ3) is 2.39. The number of hydrogen-bond acceptors (Lipinski definition) is 5. The van der Waals surface area contributed by atoms with Crippen molar-refractivity contribution in [3.05, 3.63) is 23.3 Å². The van der Waals surface area contributed by atoms with Crippen molar-refractivity contribution in [1.29, 1.82) is 0 Å². The average Bonchev–Trinajstić information content (AvgIpc) is 2.70. The van der Waals surface area contributed by atoms with Crippen LogP contribution >= 0.6 is 0 Å². The molecule has 1 atom stereocenters. The first-order valence-electron chi connectivity index (χ1n) is 5.72. The van der Waals surface area contributed by atoms with Gasteiger partial charge in [0.15, 0.2) is 0 Å². The highest BCUT2D eigenvalue weighted by molar-refractivity contribution is 6.00. The van der Waals surface area contributed by atoms with Gasteiger partial charge in [-0.3, -0.25) is 4.79 Å². The number of carbonyl (C=O) groups excluding carboxylic acids is 1. The molecule has 0 saturated carbocycles. The molecule has 1 aliphatic rings. The number of nitrogens with two attached hydrogens (primary N) is 1. The second kappa shape index (κ2) is 5.24. The summed E-state index contributed by atoms with van der Waals surface area (Å²) in [6.07, 6.45) is 0. The summed E-state index contributed by atoms with van der Waals surface area (Å²) in [5, 5.41) is 15.0. The van der Waals surface area contributed by atoms with Gasteiger partial charge in [-0.2, -0.15) is 0 Å². The molecule has 0 aliphatic carbocycles. The standard InChI is InChI=1S/C12H17N3O3/c1-18-6-8(5-16)15-11-2-7-4-14-12(17)9(7)3-10(11)13/h2-3,8,15-16H,4-6,13H2,1H3,(H,14,17). The van der Waals surface area contributed by atoms with Crippen molar-refractivity contribution < 1.29 is 14.6 Å². The van der Waals surface area contributed by atoms with Gasteiger partial charge in [-0.25, -0.2) is 0 Å².